The molecule has 0 radical (unpaired) electrons. The minimum absolute atomic E-state index is 0.335. The minimum Gasteiger partial charge on any atom is -0.462 e. The Morgan fingerprint density at radius 3 is 2.30 bits per heavy atom. The van der Waals surface area contributed by atoms with Crippen molar-refractivity contribution in [1.29, 1.82) is 0 Å². The maximum atomic E-state index is 12.8. The van der Waals surface area contributed by atoms with Crippen LogP contribution in [0, 0.1) is 6.92 Å². The van der Waals surface area contributed by atoms with Crippen LogP contribution >= 0.6 is 0 Å². The van der Waals surface area contributed by atoms with Crippen molar-refractivity contribution < 1.29 is 17.9 Å². The number of nitrogens with zero attached hydrogens (tertiary/aromatic N) is 2. The van der Waals surface area contributed by atoms with E-state index in [1.165, 1.54) is 4.31 Å². The number of esters is 1. The molecule has 0 N–H and O–H groups in total. The quantitative estimate of drug-likeness (QED) is 0.737. The van der Waals surface area contributed by atoms with E-state index in [1.54, 1.807) is 37.3 Å². The Hall–Kier alpha value is -2.38. The maximum Gasteiger partial charge on any atom is 0.338 e. The van der Waals surface area contributed by atoms with Crippen LogP contribution in [0.3, 0.4) is 0 Å². The third kappa shape index (κ3) is 4.31. The number of carbonyl (C=O) groups is 1. The first-order valence-electron chi connectivity index (χ1n) is 9.01. The number of benzene rings is 2. The monoisotopic (exact) mass is 388 g/mol. The van der Waals surface area contributed by atoms with Gasteiger partial charge in [-0.15, -0.1) is 0 Å². The van der Waals surface area contributed by atoms with E-state index in [0.717, 1.165) is 11.3 Å². The van der Waals surface area contributed by atoms with Crippen molar-refractivity contribution >= 4 is 21.7 Å². The minimum atomic E-state index is -3.47. The summed E-state index contributed by atoms with van der Waals surface area (Å²) in [5, 5.41) is 0. The molecule has 1 fully saturated rings. The SMILES string of the molecule is CCOC(=O)c1ccc(N2CCN(S(=O)(=O)c3cccc(C)c3)CC2)cc1. The molecule has 6 nitrogen and oxygen atoms in total. The van der Waals surface area contributed by atoms with Gasteiger partial charge in [-0.25, -0.2) is 13.2 Å². The number of anilines is 1. The molecule has 1 heterocycles. The highest BCUT2D eigenvalue weighted by Gasteiger charge is 2.28. The van der Waals surface area contributed by atoms with Crippen LogP contribution in [-0.4, -0.2) is 51.5 Å². The number of rotatable bonds is 5. The Morgan fingerprint density at radius 2 is 1.70 bits per heavy atom. The molecule has 0 spiro atoms. The average Bonchev–Trinajstić information content (AvgIpc) is 2.68. The second kappa shape index (κ2) is 8.10. The third-order valence-electron chi connectivity index (χ3n) is 4.61. The van der Waals surface area contributed by atoms with Gasteiger partial charge in [0.25, 0.3) is 0 Å². The van der Waals surface area contributed by atoms with Gasteiger partial charge in [-0.1, -0.05) is 12.1 Å². The standard InChI is InChI=1S/C20H24N2O4S/c1-3-26-20(23)17-7-9-18(10-8-17)21-11-13-22(14-12-21)27(24,25)19-6-4-5-16(2)15-19/h4-10,15H,3,11-14H2,1-2H3. The van der Waals surface area contributed by atoms with E-state index in [-0.39, 0.29) is 5.97 Å². The van der Waals surface area contributed by atoms with Crippen molar-refractivity contribution in [3.05, 3.63) is 59.7 Å². The van der Waals surface area contributed by atoms with E-state index in [4.69, 9.17) is 4.74 Å². The Labute approximate surface area is 160 Å². The molecule has 3 rings (SSSR count). The van der Waals surface area contributed by atoms with Crippen LogP contribution in [0.1, 0.15) is 22.8 Å². The second-order valence-corrected chi connectivity index (χ2v) is 8.41. The summed E-state index contributed by atoms with van der Waals surface area (Å²) in [6.07, 6.45) is 0. The zero-order chi connectivity index (χ0) is 19.4. The number of carbonyl (C=O) groups excluding carboxylic acids is 1. The van der Waals surface area contributed by atoms with Crippen LogP contribution in [0.25, 0.3) is 0 Å². The lowest BCUT2D eigenvalue weighted by molar-refractivity contribution is 0.0526. The largest absolute Gasteiger partial charge is 0.462 e. The Morgan fingerprint density at radius 1 is 1.04 bits per heavy atom. The molecule has 0 atom stereocenters. The highest BCUT2D eigenvalue weighted by atomic mass is 32.2. The van der Waals surface area contributed by atoms with Crippen molar-refractivity contribution in [3.8, 4) is 0 Å². The first-order valence-corrected chi connectivity index (χ1v) is 10.4. The number of ether oxygens (including phenoxy) is 1. The summed E-state index contributed by atoms with van der Waals surface area (Å²) >= 11 is 0. The number of hydrogen-bond donors (Lipinski definition) is 0. The molecule has 0 unspecified atom stereocenters. The summed E-state index contributed by atoms with van der Waals surface area (Å²) in [5.41, 5.74) is 2.41. The predicted molar refractivity (Wildman–Crippen MR) is 105 cm³/mol. The molecule has 0 amide bonds. The van der Waals surface area contributed by atoms with Gasteiger partial charge in [0.1, 0.15) is 0 Å². The summed E-state index contributed by atoms with van der Waals surface area (Å²) in [5.74, 6) is -0.335. The molecule has 0 saturated carbocycles. The normalized spacial score (nSPS) is 15.6. The van der Waals surface area contributed by atoms with Gasteiger partial charge in [-0.3, -0.25) is 0 Å². The summed E-state index contributed by atoms with van der Waals surface area (Å²) < 4.78 is 32.2. The maximum absolute atomic E-state index is 12.8. The molecule has 0 aromatic heterocycles. The smallest absolute Gasteiger partial charge is 0.338 e. The Kier molecular flexibility index (Phi) is 5.82. The van der Waals surface area contributed by atoms with Gasteiger partial charge in [-0.05, 0) is 55.8 Å². The molecule has 1 aliphatic rings. The molecule has 27 heavy (non-hydrogen) atoms. The second-order valence-electron chi connectivity index (χ2n) is 6.47. The van der Waals surface area contributed by atoms with E-state index < -0.39 is 10.0 Å². The molecule has 7 heteroatoms. The van der Waals surface area contributed by atoms with Crippen molar-refractivity contribution in [3.63, 3.8) is 0 Å². The zero-order valence-corrected chi connectivity index (χ0v) is 16.4. The predicted octanol–water partition coefficient (Wildman–Crippen LogP) is 2.68. The fourth-order valence-corrected chi connectivity index (χ4v) is 4.66. The van der Waals surface area contributed by atoms with Crippen LogP contribution in [-0.2, 0) is 14.8 Å². The van der Waals surface area contributed by atoms with Gasteiger partial charge in [0.2, 0.25) is 10.0 Å². The van der Waals surface area contributed by atoms with E-state index in [0.29, 0.717) is 43.2 Å². The summed E-state index contributed by atoms with van der Waals surface area (Å²) in [7, 11) is -3.47. The van der Waals surface area contributed by atoms with Crippen LogP contribution in [0.4, 0.5) is 5.69 Å². The van der Waals surface area contributed by atoms with E-state index in [1.807, 2.05) is 25.1 Å². The van der Waals surface area contributed by atoms with Crippen molar-refractivity contribution in [1.82, 2.24) is 4.31 Å². The summed E-state index contributed by atoms with van der Waals surface area (Å²) in [4.78, 5) is 14.2. The van der Waals surface area contributed by atoms with Gasteiger partial charge in [0.05, 0.1) is 17.1 Å². The molecular formula is C20H24N2O4S. The van der Waals surface area contributed by atoms with Gasteiger partial charge in [0, 0.05) is 31.9 Å². The first kappa shape index (κ1) is 19.4. The van der Waals surface area contributed by atoms with E-state index in [9.17, 15) is 13.2 Å². The van der Waals surface area contributed by atoms with Gasteiger partial charge in [0.15, 0.2) is 0 Å². The molecular weight excluding hydrogens is 364 g/mol. The molecule has 2 aromatic carbocycles. The molecule has 2 aromatic rings. The highest BCUT2D eigenvalue weighted by Crippen LogP contribution is 2.22. The Balaban J connectivity index is 1.66. The molecule has 1 aliphatic heterocycles. The first-order chi connectivity index (χ1) is 12.9. The van der Waals surface area contributed by atoms with Gasteiger partial charge < -0.3 is 9.64 Å². The molecule has 144 valence electrons. The lowest BCUT2D eigenvalue weighted by atomic mass is 10.2. The fraction of sp³-hybridized carbons (Fsp3) is 0.350. The molecule has 0 aliphatic carbocycles. The van der Waals surface area contributed by atoms with Crippen LogP contribution in [0.2, 0.25) is 0 Å². The zero-order valence-electron chi connectivity index (χ0n) is 15.6. The van der Waals surface area contributed by atoms with Gasteiger partial charge in [-0.2, -0.15) is 4.31 Å². The number of piperazine rings is 1. The number of aryl methyl sites for hydroxylation is 1. The molecule has 1 saturated heterocycles. The van der Waals surface area contributed by atoms with Crippen molar-refractivity contribution in [2.75, 3.05) is 37.7 Å². The van der Waals surface area contributed by atoms with Crippen LogP contribution < -0.4 is 4.90 Å². The number of sulfonamides is 1. The van der Waals surface area contributed by atoms with Crippen LogP contribution in [0.5, 0.6) is 0 Å². The topological polar surface area (TPSA) is 66.9 Å². The Bertz CT molecular complexity index is 902. The highest BCUT2D eigenvalue weighted by molar-refractivity contribution is 7.89. The third-order valence-corrected chi connectivity index (χ3v) is 6.50. The lowest BCUT2D eigenvalue weighted by Crippen LogP contribution is -2.48. The van der Waals surface area contributed by atoms with Crippen LogP contribution in [0.15, 0.2) is 53.4 Å². The lowest BCUT2D eigenvalue weighted by Gasteiger charge is -2.35. The van der Waals surface area contributed by atoms with Gasteiger partial charge >= 0.3 is 5.97 Å². The van der Waals surface area contributed by atoms with E-state index in [2.05, 4.69) is 4.90 Å². The van der Waals surface area contributed by atoms with E-state index >= 15 is 0 Å². The molecule has 0 bridgehead atoms. The average molecular weight is 388 g/mol. The summed E-state index contributed by atoms with van der Waals surface area (Å²) in [6.45, 7) is 6.06. The summed E-state index contributed by atoms with van der Waals surface area (Å²) in [6, 6.07) is 14.2. The fourth-order valence-electron chi connectivity index (χ4n) is 3.13. The van der Waals surface area contributed by atoms with Crippen molar-refractivity contribution in [2.24, 2.45) is 0 Å². The van der Waals surface area contributed by atoms with Crippen molar-refractivity contribution in [2.45, 2.75) is 18.7 Å². The number of hydrogen-bond acceptors (Lipinski definition) is 5.